The molecule has 0 atom stereocenters. The molecule has 1 aromatic carbocycles. The number of anilines is 3. The molecular weight excluding hydrogens is 458 g/mol. The van der Waals surface area contributed by atoms with E-state index in [1.807, 2.05) is 0 Å². The van der Waals surface area contributed by atoms with Crippen molar-refractivity contribution in [2.75, 3.05) is 42.4 Å². The van der Waals surface area contributed by atoms with E-state index in [0.717, 1.165) is 36.6 Å². The van der Waals surface area contributed by atoms with Crippen LogP contribution < -0.4 is 19.9 Å². The van der Waals surface area contributed by atoms with Crippen LogP contribution >= 0.6 is 0 Å². The molecule has 2 amide bonds. The number of carbonyl (C=O) groups excluding carboxylic acids is 1. The smallest absolute Gasteiger partial charge is 0.330 e. The van der Waals surface area contributed by atoms with Crippen molar-refractivity contribution in [1.82, 2.24) is 14.9 Å². The number of hydrogen-bond acceptors (Lipinski definition) is 7. The number of amides is 2. The number of rotatable bonds is 7. The van der Waals surface area contributed by atoms with Gasteiger partial charge in [0, 0.05) is 36.5 Å². The first-order valence-electron chi connectivity index (χ1n) is 12.0. The molecule has 1 fully saturated rings. The Balaban J connectivity index is 1.61. The fourth-order valence-corrected chi connectivity index (χ4v) is 4.75. The Kier molecular flexibility index (Phi) is 7.25. The summed E-state index contributed by atoms with van der Waals surface area (Å²) in [6.45, 7) is 3.58. The van der Waals surface area contributed by atoms with E-state index in [1.165, 1.54) is 4.90 Å². The van der Waals surface area contributed by atoms with E-state index in [9.17, 15) is 14.3 Å². The van der Waals surface area contributed by atoms with Crippen LogP contribution in [-0.2, 0) is 6.54 Å². The average molecular weight is 491 g/mol. The Bertz CT molecular complexity index is 1090. The lowest BCUT2D eigenvalue weighted by molar-refractivity contribution is 0.221. The number of aromatic nitrogens is 2. The second-order valence-corrected chi connectivity index (χ2v) is 9.07. The molecule has 2 aliphatic rings. The van der Waals surface area contributed by atoms with Crippen LogP contribution in [0.1, 0.15) is 45.1 Å². The number of carbonyl (C=O) groups is 1. The van der Waals surface area contributed by atoms with Crippen molar-refractivity contribution in [1.29, 1.82) is 0 Å². The number of nitrogens with zero attached hydrogens (tertiary/aromatic N) is 5. The highest BCUT2D eigenvalue weighted by Crippen LogP contribution is 2.40. The highest BCUT2D eigenvalue weighted by molar-refractivity contribution is 6.05. The van der Waals surface area contributed by atoms with Crippen molar-refractivity contribution in [3.63, 3.8) is 0 Å². The first-order chi connectivity index (χ1) is 16.7. The van der Waals surface area contributed by atoms with Crippen molar-refractivity contribution in [2.24, 2.45) is 0 Å². The number of phenolic OH excluding ortho intramolecular Hbond substituents is 1. The SMILES string of the molecule is CCOc1cc(O)c(F)c(N2Cc3cnc(NC4CCC(N(C)C)CC4)nc3N(CC)C2=O)c1F. The molecule has 9 nitrogen and oxygen atoms in total. The summed E-state index contributed by atoms with van der Waals surface area (Å²) < 4.78 is 35.2. The first-order valence-corrected chi connectivity index (χ1v) is 12.0. The van der Waals surface area contributed by atoms with Crippen LogP contribution in [0.2, 0.25) is 0 Å². The topological polar surface area (TPSA) is 94.1 Å². The van der Waals surface area contributed by atoms with Gasteiger partial charge in [0.05, 0.1) is 13.2 Å². The highest BCUT2D eigenvalue weighted by atomic mass is 19.1. The molecule has 11 heteroatoms. The van der Waals surface area contributed by atoms with Gasteiger partial charge in [-0.1, -0.05) is 0 Å². The second-order valence-electron chi connectivity index (χ2n) is 9.07. The molecule has 1 saturated carbocycles. The lowest BCUT2D eigenvalue weighted by atomic mass is 9.91. The van der Waals surface area contributed by atoms with Crippen LogP contribution in [0.4, 0.5) is 31.0 Å². The molecule has 1 aromatic heterocycles. The molecule has 0 bridgehead atoms. The average Bonchev–Trinajstić information content (AvgIpc) is 2.83. The van der Waals surface area contributed by atoms with Crippen LogP contribution in [0.5, 0.6) is 11.5 Å². The van der Waals surface area contributed by atoms with E-state index in [4.69, 9.17) is 4.74 Å². The molecule has 35 heavy (non-hydrogen) atoms. The van der Waals surface area contributed by atoms with Gasteiger partial charge in [0.1, 0.15) is 11.5 Å². The number of ether oxygens (including phenoxy) is 1. The predicted octanol–water partition coefficient (Wildman–Crippen LogP) is 4.11. The number of phenols is 1. The Morgan fingerprint density at radius 3 is 2.54 bits per heavy atom. The number of aromatic hydroxyl groups is 1. The Hall–Kier alpha value is -3.21. The number of halogens is 2. The lowest BCUT2D eigenvalue weighted by Crippen LogP contribution is -2.48. The van der Waals surface area contributed by atoms with Gasteiger partial charge in [-0.15, -0.1) is 0 Å². The number of benzene rings is 1. The zero-order chi connectivity index (χ0) is 25.3. The summed E-state index contributed by atoms with van der Waals surface area (Å²) in [6.07, 6.45) is 5.71. The van der Waals surface area contributed by atoms with E-state index in [2.05, 4.69) is 34.3 Å². The molecule has 2 N–H and O–H groups in total. The van der Waals surface area contributed by atoms with Crippen molar-refractivity contribution >= 4 is 23.5 Å². The molecule has 4 rings (SSSR count). The van der Waals surface area contributed by atoms with Crippen LogP contribution in [0.3, 0.4) is 0 Å². The summed E-state index contributed by atoms with van der Waals surface area (Å²) in [5, 5.41) is 13.4. The van der Waals surface area contributed by atoms with Gasteiger partial charge in [-0.3, -0.25) is 9.80 Å². The number of hydrogen-bond donors (Lipinski definition) is 2. The summed E-state index contributed by atoms with van der Waals surface area (Å²) in [6, 6.07) is 1.02. The molecule has 0 spiro atoms. The number of urea groups is 1. The molecule has 1 aliphatic carbocycles. The van der Waals surface area contributed by atoms with E-state index >= 15 is 4.39 Å². The molecule has 0 unspecified atom stereocenters. The predicted molar refractivity (Wildman–Crippen MR) is 129 cm³/mol. The van der Waals surface area contributed by atoms with E-state index in [0.29, 0.717) is 23.4 Å². The van der Waals surface area contributed by atoms with Crippen LogP contribution in [-0.4, -0.2) is 65.3 Å². The van der Waals surface area contributed by atoms with Crippen LogP contribution in [0.25, 0.3) is 0 Å². The Labute approximate surface area is 203 Å². The molecule has 0 radical (unpaired) electrons. The number of fused-ring (bicyclic) bond motifs is 1. The fraction of sp³-hybridized carbons (Fsp3) is 0.542. The van der Waals surface area contributed by atoms with E-state index in [1.54, 1.807) is 20.0 Å². The Morgan fingerprint density at radius 1 is 1.20 bits per heavy atom. The molecule has 2 aromatic rings. The van der Waals surface area contributed by atoms with E-state index in [-0.39, 0.29) is 31.5 Å². The summed E-state index contributed by atoms with van der Waals surface area (Å²) in [7, 11) is 4.19. The molecule has 0 saturated heterocycles. The van der Waals surface area contributed by atoms with Crippen LogP contribution in [0, 0.1) is 11.6 Å². The summed E-state index contributed by atoms with van der Waals surface area (Å²) >= 11 is 0. The van der Waals surface area contributed by atoms with Crippen LogP contribution in [0.15, 0.2) is 12.3 Å². The fourth-order valence-electron chi connectivity index (χ4n) is 4.75. The minimum absolute atomic E-state index is 0.111. The van der Waals surface area contributed by atoms with Gasteiger partial charge in [-0.2, -0.15) is 4.98 Å². The lowest BCUT2D eigenvalue weighted by Gasteiger charge is -2.36. The minimum atomic E-state index is -1.23. The largest absolute Gasteiger partial charge is 0.505 e. The zero-order valence-electron chi connectivity index (χ0n) is 20.5. The van der Waals surface area contributed by atoms with Crippen molar-refractivity contribution in [2.45, 2.75) is 58.2 Å². The van der Waals surface area contributed by atoms with Crippen molar-refractivity contribution in [3.05, 3.63) is 29.5 Å². The highest BCUT2D eigenvalue weighted by Gasteiger charge is 2.37. The minimum Gasteiger partial charge on any atom is -0.505 e. The maximum absolute atomic E-state index is 15.1. The zero-order valence-corrected chi connectivity index (χ0v) is 20.5. The third kappa shape index (κ3) is 4.82. The Morgan fingerprint density at radius 2 is 1.91 bits per heavy atom. The summed E-state index contributed by atoms with van der Waals surface area (Å²) in [5.41, 5.74) is -0.129. The van der Waals surface area contributed by atoms with Gasteiger partial charge in [0.15, 0.2) is 23.1 Å². The van der Waals surface area contributed by atoms with Gasteiger partial charge >= 0.3 is 6.03 Å². The summed E-state index contributed by atoms with van der Waals surface area (Å²) in [4.78, 5) is 26.9. The first kappa shape index (κ1) is 24.9. The monoisotopic (exact) mass is 490 g/mol. The van der Waals surface area contributed by atoms with Crippen molar-refractivity contribution < 1.29 is 23.4 Å². The van der Waals surface area contributed by atoms with E-state index < -0.39 is 29.1 Å². The molecule has 1 aliphatic heterocycles. The van der Waals surface area contributed by atoms with Gasteiger partial charge < -0.3 is 20.1 Å². The third-order valence-electron chi connectivity index (χ3n) is 6.66. The maximum atomic E-state index is 15.1. The number of nitrogens with one attached hydrogen (secondary N) is 1. The standard InChI is InChI=1S/C24H32F2N6O3/c1-5-31-22-14(12-27-23(29-22)28-15-7-9-16(10-8-15)30(3)4)13-32(24(31)34)21-19(25)17(33)11-18(20(21)26)35-6-2/h11-12,15-16,33H,5-10,13H2,1-4H3,(H,27,28,29). The second kappa shape index (κ2) is 10.2. The third-order valence-corrected chi connectivity index (χ3v) is 6.66. The molecule has 2 heterocycles. The van der Waals surface area contributed by atoms with Gasteiger partial charge in [0.25, 0.3) is 0 Å². The maximum Gasteiger partial charge on any atom is 0.330 e. The van der Waals surface area contributed by atoms with Crippen molar-refractivity contribution in [3.8, 4) is 11.5 Å². The van der Waals surface area contributed by atoms with Gasteiger partial charge in [0.2, 0.25) is 5.95 Å². The molecule has 190 valence electrons. The summed E-state index contributed by atoms with van der Waals surface area (Å²) in [5.74, 6) is -2.59. The molecular formula is C24H32F2N6O3. The quantitative estimate of drug-likeness (QED) is 0.603. The normalized spacial score (nSPS) is 20.3. The van der Waals surface area contributed by atoms with Gasteiger partial charge in [-0.25, -0.2) is 18.6 Å². The van der Waals surface area contributed by atoms with Gasteiger partial charge in [-0.05, 0) is 53.6 Å².